The van der Waals surface area contributed by atoms with Crippen LogP contribution in [0.25, 0.3) is 0 Å². The van der Waals surface area contributed by atoms with E-state index in [1.165, 1.54) is 6.07 Å². The lowest BCUT2D eigenvalue weighted by Gasteiger charge is -2.13. The molecule has 0 bridgehead atoms. The van der Waals surface area contributed by atoms with Crippen molar-refractivity contribution in [2.45, 2.75) is 6.18 Å². The predicted octanol–water partition coefficient (Wildman–Crippen LogP) is 5.29. The van der Waals surface area contributed by atoms with Crippen LogP contribution >= 0.6 is 23.2 Å². The number of benzene rings is 2. The molecule has 0 saturated carbocycles. The standard InChI is InChI=1S/C13H7Cl2F3N2O3/c14-8-3-6(13(16,17)18)4-9(15)12(8)23-7-1-2-11(20(21)22)10(19)5-7/h1-5H,19H2. The summed E-state index contributed by atoms with van der Waals surface area (Å²) in [5.41, 5.74) is 3.97. The van der Waals surface area contributed by atoms with Gasteiger partial charge < -0.3 is 10.5 Å². The minimum Gasteiger partial charge on any atom is -0.454 e. The highest BCUT2D eigenvalue weighted by Crippen LogP contribution is 2.42. The number of ether oxygens (including phenoxy) is 1. The Labute approximate surface area is 137 Å². The van der Waals surface area contributed by atoms with Gasteiger partial charge in [0.05, 0.1) is 20.5 Å². The number of alkyl halides is 3. The van der Waals surface area contributed by atoms with E-state index >= 15 is 0 Å². The monoisotopic (exact) mass is 366 g/mol. The zero-order chi connectivity index (χ0) is 17.4. The van der Waals surface area contributed by atoms with Crippen molar-refractivity contribution in [1.29, 1.82) is 0 Å². The Morgan fingerprint density at radius 2 is 1.70 bits per heavy atom. The first-order valence-corrected chi connectivity index (χ1v) is 6.63. The molecule has 0 aliphatic heterocycles. The highest BCUT2D eigenvalue weighted by atomic mass is 35.5. The molecule has 5 nitrogen and oxygen atoms in total. The maximum absolute atomic E-state index is 12.6. The fraction of sp³-hybridized carbons (Fsp3) is 0.0769. The zero-order valence-corrected chi connectivity index (χ0v) is 12.5. The number of anilines is 1. The number of hydrogen-bond acceptors (Lipinski definition) is 4. The highest BCUT2D eigenvalue weighted by molar-refractivity contribution is 6.37. The van der Waals surface area contributed by atoms with Gasteiger partial charge >= 0.3 is 6.18 Å². The second-order valence-corrected chi connectivity index (χ2v) is 5.16. The van der Waals surface area contributed by atoms with Gasteiger partial charge in [0.15, 0.2) is 5.75 Å². The van der Waals surface area contributed by atoms with E-state index in [1.54, 1.807) is 0 Å². The minimum absolute atomic E-state index is 0.0386. The fourth-order valence-corrected chi connectivity index (χ4v) is 2.27. The Hall–Kier alpha value is -2.19. The molecule has 23 heavy (non-hydrogen) atoms. The molecule has 2 N–H and O–H groups in total. The maximum Gasteiger partial charge on any atom is 0.416 e. The molecule has 122 valence electrons. The van der Waals surface area contributed by atoms with Crippen LogP contribution in [0.15, 0.2) is 30.3 Å². The Kier molecular flexibility index (Phi) is 4.58. The third-order valence-electron chi connectivity index (χ3n) is 2.74. The average Bonchev–Trinajstić information content (AvgIpc) is 2.41. The summed E-state index contributed by atoms with van der Waals surface area (Å²) < 4.78 is 43.2. The number of nitro benzene ring substituents is 1. The number of hydrogen-bond donors (Lipinski definition) is 1. The molecule has 0 aromatic heterocycles. The van der Waals surface area contributed by atoms with E-state index in [0.717, 1.165) is 12.1 Å². The first kappa shape index (κ1) is 17.2. The van der Waals surface area contributed by atoms with E-state index in [4.69, 9.17) is 33.7 Å². The van der Waals surface area contributed by atoms with Crippen molar-refractivity contribution in [1.82, 2.24) is 0 Å². The van der Waals surface area contributed by atoms with Gasteiger partial charge in [0, 0.05) is 12.1 Å². The summed E-state index contributed by atoms with van der Waals surface area (Å²) in [5.74, 6) is -0.175. The minimum atomic E-state index is -4.61. The lowest BCUT2D eigenvalue weighted by Crippen LogP contribution is -2.05. The van der Waals surface area contributed by atoms with E-state index < -0.39 is 16.7 Å². The summed E-state index contributed by atoms with van der Waals surface area (Å²) in [6.07, 6.45) is -4.61. The van der Waals surface area contributed by atoms with E-state index in [9.17, 15) is 23.3 Å². The summed E-state index contributed by atoms with van der Waals surface area (Å²) in [6, 6.07) is 4.78. The zero-order valence-electron chi connectivity index (χ0n) is 11.0. The van der Waals surface area contributed by atoms with Crippen LogP contribution in [0.4, 0.5) is 24.5 Å². The van der Waals surface area contributed by atoms with Crippen molar-refractivity contribution < 1.29 is 22.8 Å². The summed E-state index contributed by atoms with van der Waals surface area (Å²) in [7, 11) is 0. The van der Waals surface area contributed by atoms with E-state index in [2.05, 4.69) is 0 Å². The van der Waals surface area contributed by atoms with Gasteiger partial charge in [-0.3, -0.25) is 10.1 Å². The van der Waals surface area contributed by atoms with Crippen LogP contribution in [-0.4, -0.2) is 4.92 Å². The number of nitrogen functional groups attached to an aromatic ring is 1. The number of rotatable bonds is 3. The second-order valence-electron chi connectivity index (χ2n) is 4.35. The summed E-state index contributed by atoms with van der Waals surface area (Å²) >= 11 is 11.5. The quantitative estimate of drug-likeness (QED) is 0.454. The van der Waals surface area contributed by atoms with Crippen LogP contribution in [0.2, 0.25) is 10.0 Å². The highest BCUT2D eigenvalue weighted by Gasteiger charge is 2.32. The number of nitrogens with two attached hydrogens (primary N) is 1. The molecule has 0 aliphatic rings. The fourth-order valence-electron chi connectivity index (χ4n) is 1.70. The lowest BCUT2D eigenvalue weighted by molar-refractivity contribution is -0.383. The molecular weight excluding hydrogens is 360 g/mol. The maximum atomic E-state index is 12.6. The molecule has 0 saturated heterocycles. The average molecular weight is 367 g/mol. The summed E-state index contributed by atoms with van der Waals surface area (Å²) in [4.78, 5) is 9.98. The molecule has 0 spiro atoms. The van der Waals surface area contributed by atoms with Crippen molar-refractivity contribution in [2.75, 3.05) is 5.73 Å². The summed E-state index contributed by atoms with van der Waals surface area (Å²) in [6.45, 7) is 0. The van der Waals surface area contributed by atoms with Gasteiger partial charge in [-0.25, -0.2) is 0 Å². The second kappa shape index (κ2) is 6.13. The van der Waals surface area contributed by atoms with E-state index in [0.29, 0.717) is 12.1 Å². The molecular formula is C13H7Cl2F3N2O3. The normalized spacial score (nSPS) is 11.3. The third kappa shape index (κ3) is 3.77. The smallest absolute Gasteiger partial charge is 0.416 e. The molecule has 2 aromatic carbocycles. The third-order valence-corrected chi connectivity index (χ3v) is 3.30. The molecule has 2 aromatic rings. The number of nitro groups is 1. The predicted molar refractivity (Wildman–Crippen MR) is 79.0 cm³/mol. The molecule has 0 fully saturated rings. The van der Waals surface area contributed by atoms with Crippen LogP contribution < -0.4 is 10.5 Å². The molecule has 0 radical (unpaired) electrons. The molecule has 10 heteroatoms. The largest absolute Gasteiger partial charge is 0.454 e. The van der Waals surface area contributed by atoms with Crippen LogP contribution in [0.3, 0.4) is 0 Å². The van der Waals surface area contributed by atoms with Gasteiger partial charge in [0.2, 0.25) is 0 Å². The van der Waals surface area contributed by atoms with E-state index in [1.807, 2.05) is 0 Å². The number of nitrogens with zero attached hydrogens (tertiary/aromatic N) is 1. The topological polar surface area (TPSA) is 78.4 Å². The molecule has 0 amide bonds. The van der Waals surface area contributed by atoms with Gasteiger partial charge in [-0.2, -0.15) is 13.2 Å². The lowest BCUT2D eigenvalue weighted by atomic mass is 10.2. The van der Waals surface area contributed by atoms with Crippen molar-refractivity contribution >= 4 is 34.6 Å². The van der Waals surface area contributed by atoms with Gasteiger partial charge in [-0.1, -0.05) is 23.2 Å². The van der Waals surface area contributed by atoms with Gasteiger partial charge in [-0.05, 0) is 18.2 Å². The van der Waals surface area contributed by atoms with Crippen LogP contribution in [0, 0.1) is 10.1 Å². The summed E-state index contributed by atoms with van der Waals surface area (Å²) in [5, 5.41) is 9.95. The van der Waals surface area contributed by atoms with Crippen LogP contribution in [0.1, 0.15) is 5.56 Å². The van der Waals surface area contributed by atoms with Crippen LogP contribution in [0.5, 0.6) is 11.5 Å². The Bertz CT molecular complexity index is 759. The first-order valence-electron chi connectivity index (χ1n) is 5.87. The molecule has 0 unspecified atom stereocenters. The molecule has 2 rings (SSSR count). The van der Waals surface area contributed by atoms with Gasteiger partial charge in [0.1, 0.15) is 11.4 Å². The number of halogens is 5. The molecule has 0 aliphatic carbocycles. The first-order chi connectivity index (χ1) is 10.6. The SMILES string of the molecule is Nc1cc(Oc2c(Cl)cc(C(F)(F)F)cc2Cl)ccc1[N+](=O)[O-]. The van der Waals surface area contributed by atoms with E-state index in [-0.39, 0.29) is 32.9 Å². The van der Waals surface area contributed by atoms with Crippen molar-refractivity contribution in [3.63, 3.8) is 0 Å². The Morgan fingerprint density at radius 3 is 2.13 bits per heavy atom. The Balaban J connectivity index is 2.38. The van der Waals surface area contributed by atoms with Crippen molar-refractivity contribution in [3.05, 3.63) is 56.1 Å². The molecule has 0 atom stereocenters. The Morgan fingerprint density at radius 1 is 1.13 bits per heavy atom. The van der Waals surface area contributed by atoms with Crippen LogP contribution in [-0.2, 0) is 6.18 Å². The molecule has 0 heterocycles. The van der Waals surface area contributed by atoms with Gasteiger partial charge in [0.25, 0.3) is 5.69 Å². The van der Waals surface area contributed by atoms with Gasteiger partial charge in [-0.15, -0.1) is 0 Å². The van der Waals surface area contributed by atoms with Crippen molar-refractivity contribution in [2.24, 2.45) is 0 Å². The van der Waals surface area contributed by atoms with Crippen molar-refractivity contribution in [3.8, 4) is 11.5 Å².